The summed E-state index contributed by atoms with van der Waals surface area (Å²) in [6, 6.07) is 13.8. The number of fused-ring (bicyclic) bond motifs is 1. The number of hydrogen-bond donors (Lipinski definition) is 0. The summed E-state index contributed by atoms with van der Waals surface area (Å²) in [5.74, 6) is -0.822. The highest BCUT2D eigenvalue weighted by Crippen LogP contribution is 2.38. The Hall–Kier alpha value is -2.59. The molecule has 0 spiro atoms. The molecule has 0 amide bonds. The van der Waals surface area contributed by atoms with Crippen molar-refractivity contribution in [2.75, 3.05) is 0 Å². The minimum Gasteiger partial charge on any atom is -0.343 e. The normalized spacial score (nSPS) is 24.8. The van der Waals surface area contributed by atoms with Crippen LogP contribution in [0, 0.1) is 10.1 Å². The molecule has 31 heavy (non-hydrogen) atoms. The van der Waals surface area contributed by atoms with E-state index in [9.17, 15) is 18.5 Å². The number of nitrogens with zero attached hydrogens (tertiary/aromatic N) is 2. The first-order chi connectivity index (χ1) is 14.7. The summed E-state index contributed by atoms with van der Waals surface area (Å²) in [6.45, 7) is 3.76. The van der Waals surface area contributed by atoms with E-state index < -0.39 is 32.9 Å². The Morgan fingerprint density at radius 1 is 1.10 bits per heavy atom. The zero-order valence-corrected chi connectivity index (χ0v) is 18.1. The number of rotatable bonds is 6. The second kappa shape index (κ2) is 8.16. The van der Waals surface area contributed by atoms with E-state index in [1.807, 2.05) is 56.3 Å². The Morgan fingerprint density at radius 3 is 2.42 bits per heavy atom. The zero-order valence-electron chi connectivity index (χ0n) is 17.2. The molecule has 0 radical (unpaired) electrons. The third-order valence-electron chi connectivity index (χ3n) is 5.45. The second-order valence-corrected chi connectivity index (χ2v) is 9.97. The zero-order chi connectivity index (χ0) is 22.2. The monoisotopic (exact) mass is 444 g/mol. The molecule has 2 aliphatic rings. The number of hydrogen-bond acceptors (Lipinski definition) is 6. The second-order valence-electron chi connectivity index (χ2n) is 8.08. The van der Waals surface area contributed by atoms with Crippen molar-refractivity contribution in [3.63, 3.8) is 0 Å². The average Bonchev–Trinajstić information content (AvgIpc) is 3.06. The maximum Gasteiger partial charge on any atom is 0.269 e. The number of sulfonamides is 1. The van der Waals surface area contributed by atoms with Crippen LogP contribution < -0.4 is 0 Å². The van der Waals surface area contributed by atoms with Gasteiger partial charge in [-0.15, -0.1) is 0 Å². The summed E-state index contributed by atoms with van der Waals surface area (Å²) in [5, 5.41) is 11.0. The number of nitro benzene ring substituents is 1. The SMILES string of the molecule is CC1(C)O[C@@H]2[C@@H](C=CC[C@@H]2N(Cc2ccccc2)S(=O)(=O)c2ccc([N+](=O)[O-])cc2)O1. The first-order valence-electron chi connectivity index (χ1n) is 10.00. The van der Waals surface area contributed by atoms with Gasteiger partial charge in [0.2, 0.25) is 10.0 Å². The first kappa shape index (κ1) is 21.6. The maximum absolute atomic E-state index is 13.7. The minimum absolute atomic E-state index is 0.00157. The highest BCUT2D eigenvalue weighted by Gasteiger charge is 2.49. The van der Waals surface area contributed by atoms with E-state index >= 15 is 0 Å². The van der Waals surface area contributed by atoms with Crippen LogP contribution >= 0.6 is 0 Å². The molecule has 0 aromatic heterocycles. The summed E-state index contributed by atoms with van der Waals surface area (Å²) in [6.07, 6.45) is 3.49. The van der Waals surface area contributed by atoms with E-state index in [1.165, 1.54) is 28.6 Å². The standard InChI is InChI=1S/C22H24N2O6S/c1-22(2)29-20-10-6-9-19(21(20)30-22)23(15-16-7-4-3-5-8-16)31(27,28)18-13-11-17(12-14-18)24(25)26/h3-8,10-14,19-21H,9,15H2,1-2H3/t19-,20+,21-/m0/s1. The van der Waals surface area contributed by atoms with Crippen molar-refractivity contribution in [1.29, 1.82) is 0 Å². The molecule has 9 heteroatoms. The Bertz CT molecular complexity index is 1080. The van der Waals surface area contributed by atoms with Gasteiger partial charge in [-0.3, -0.25) is 10.1 Å². The third-order valence-corrected chi connectivity index (χ3v) is 7.34. The summed E-state index contributed by atoms with van der Waals surface area (Å²) in [7, 11) is -3.98. The Balaban J connectivity index is 1.74. The molecule has 1 fully saturated rings. The fraction of sp³-hybridized carbons (Fsp3) is 0.364. The van der Waals surface area contributed by atoms with E-state index in [1.54, 1.807) is 0 Å². The first-order valence-corrected chi connectivity index (χ1v) is 11.4. The van der Waals surface area contributed by atoms with Crippen molar-refractivity contribution in [1.82, 2.24) is 4.31 Å². The van der Waals surface area contributed by atoms with Crippen LogP contribution in [-0.4, -0.2) is 41.7 Å². The number of ether oxygens (including phenoxy) is 2. The molecule has 1 aliphatic carbocycles. The van der Waals surface area contributed by atoms with Crippen molar-refractivity contribution in [3.05, 3.63) is 82.4 Å². The molecule has 0 bridgehead atoms. The number of benzene rings is 2. The van der Waals surface area contributed by atoms with Gasteiger partial charge in [0.15, 0.2) is 5.79 Å². The number of nitro groups is 1. The van der Waals surface area contributed by atoms with E-state index in [0.29, 0.717) is 6.42 Å². The van der Waals surface area contributed by atoms with Crippen LogP contribution in [0.3, 0.4) is 0 Å². The lowest BCUT2D eigenvalue weighted by Crippen LogP contribution is -2.50. The van der Waals surface area contributed by atoms with Crippen LogP contribution in [0.15, 0.2) is 71.6 Å². The Morgan fingerprint density at radius 2 is 1.77 bits per heavy atom. The molecule has 1 heterocycles. The molecule has 2 aromatic rings. The third kappa shape index (κ3) is 4.40. The average molecular weight is 445 g/mol. The van der Waals surface area contributed by atoms with Crippen LogP contribution in [-0.2, 0) is 26.0 Å². The predicted octanol–water partition coefficient (Wildman–Crippen LogP) is 3.63. The van der Waals surface area contributed by atoms with E-state index in [4.69, 9.17) is 9.47 Å². The summed E-state index contributed by atoms with van der Waals surface area (Å²) >= 11 is 0. The van der Waals surface area contributed by atoms with Crippen LogP contribution in [0.1, 0.15) is 25.8 Å². The molecule has 0 N–H and O–H groups in total. The molecular weight excluding hydrogens is 420 g/mol. The molecule has 0 unspecified atom stereocenters. The van der Waals surface area contributed by atoms with Crippen molar-refractivity contribution in [3.8, 4) is 0 Å². The molecule has 8 nitrogen and oxygen atoms in total. The molecule has 3 atom stereocenters. The highest BCUT2D eigenvalue weighted by atomic mass is 32.2. The smallest absolute Gasteiger partial charge is 0.269 e. The largest absolute Gasteiger partial charge is 0.343 e. The predicted molar refractivity (Wildman–Crippen MR) is 114 cm³/mol. The van der Waals surface area contributed by atoms with Gasteiger partial charge in [0.05, 0.1) is 15.9 Å². The van der Waals surface area contributed by atoms with Gasteiger partial charge in [-0.25, -0.2) is 8.42 Å². The molecule has 2 aromatic carbocycles. The molecule has 0 saturated carbocycles. The van der Waals surface area contributed by atoms with Gasteiger partial charge in [-0.2, -0.15) is 4.31 Å². The Labute approximate surface area is 181 Å². The molecular formula is C22H24N2O6S. The van der Waals surface area contributed by atoms with Gasteiger partial charge < -0.3 is 9.47 Å². The van der Waals surface area contributed by atoms with E-state index in [2.05, 4.69) is 0 Å². The Kier molecular flexibility index (Phi) is 5.69. The van der Waals surface area contributed by atoms with Gasteiger partial charge >= 0.3 is 0 Å². The maximum atomic E-state index is 13.7. The van der Waals surface area contributed by atoms with Crippen molar-refractivity contribution in [2.24, 2.45) is 0 Å². The van der Waals surface area contributed by atoms with Crippen LogP contribution in [0.2, 0.25) is 0 Å². The van der Waals surface area contributed by atoms with Gasteiger partial charge in [0.1, 0.15) is 12.2 Å². The van der Waals surface area contributed by atoms with Gasteiger partial charge in [-0.05, 0) is 38.0 Å². The minimum atomic E-state index is -3.98. The van der Waals surface area contributed by atoms with Crippen molar-refractivity contribution >= 4 is 15.7 Å². The van der Waals surface area contributed by atoms with Gasteiger partial charge in [-0.1, -0.05) is 42.5 Å². The van der Waals surface area contributed by atoms with Crippen LogP contribution in [0.5, 0.6) is 0 Å². The molecule has 164 valence electrons. The summed E-state index contributed by atoms with van der Waals surface area (Å²) in [5.41, 5.74) is 0.667. The quantitative estimate of drug-likeness (QED) is 0.383. The fourth-order valence-electron chi connectivity index (χ4n) is 4.05. The summed E-state index contributed by atoms with van der Waals surface area (Å²) < 4.78 is 40.9. The molecule has 1 aliphatic heterocycles. The van der Waals surface area contributed by atoms with Crippen LogP contribution in [0.25, 0.3) is 0 Å². The van der Waals surface area contributed by atoms with Gasteiger partial charge in [0.25, 0.3) is 5.69 Å². The lowest BCUT2D eigenvalue weighted by Gasteiger charge is -2.36. The van der Waals surface area contributed by atoms with Crippen molar-refractivity contribution in [2.45, 2.75) is 55.7 Å². The van der Waals surface area contributed by atoms with Crippen LogP contribution in [0.4, 0.5) is 5.69 Å². The van der Waals surface area contributed by atoms with E-state index in [0.717, 1.165) is 5.56 Å². The molecule has 4 rings (SSSR count). The van der Waals surface area contributed by atoms with Gasteiger partial charge in [0, 0.05) is 18.7 Å². The van der Waals surface area contributed by atoms with Crippen molar-refractivity contribution < 1.29 is 22.8 Å². The lowest BCUT2D eigenvalue weighted by atomic mass is 9.96. The highest BCUT2D eigenvalue weighted by molar-refractivity contribution is 7.89. The lowest BCUT2D eigenvalue weighted by molar-refractivity contribution is -0.384. The van der Waals surface area contributed by atoms with E-state index in [-0.39, 0.29) is 23.2 Å². The summed E-state index contributed by atoms with van der Waals surface area (Å²) in [4.78, 5) is 10.4. The topological polar surface area (TPSA) is 99.0 Å². The molecule has 1 saturated heterocycles. The number of non-ortho nitro benzene ring substituents is 1. The fourth-order valence-corrected chi connectivity index (χ4v) is 5.68.